The molecule has 1 aliphatic rings. The highest BCUT2D eigenvalue weighted by atomic mass is 19.1. The first kappa shape index (κ1) is 14.9. The zero-order valence-electron chi connectivity index (χ0n) is 11.9. The van der Waals surface area contributed by atoms with Crippen molar-refractivity contribution in [3.63, 3.8) is 0 Å². The molecule has 0 spiro atoms. The highest BCUT2D eigenvalue weighted by Gasteiger charge is 2.22. The summed E-state index contributed by atoms with van der Waals surface area (Å²) in [5.74, 6) is -1.90. The molecular weight excluding hydrogens is 259 g/mol. The molecule has 1 aromatic carbocycles. The summed E-state index contributed by atoms with van der Waals surface area (Å²) >= 11 is 0. The number of carboxylic acid groups (broad SMARTS) is 1. The van der Waals surface area contributed by atoms with Crippen molar-refractivity contribution in [1.29, 1.82) is 0 Å². The second-order valence-corrected chi connectivity index (χ2v) is 5.55. The predicted molar refractivity (Wildman–Crippen MR) is 75.3 cm³/mol. The van der Waals surface area contributed by atoms with E-state index in [2.05, 4.69) is 24.2 Å². The van der Waals surface area contributed by atoms with Gasteiger partial charge in [0.25, 0.3) is 0 Å². The van der Waals surface area contributed by atoms with Crippen molar-refractivity contribution in [2.24, 2.45) is 0 Å². The molecule has 4 nitrogen and oxygen atoms in total. The van der Waals surface area contributed by atoms with Gasteiger partial charge in [-0.25, -0.2) is 9.18 Å². The Morgan fingerprint density at radius 2 is 2.30 bits per heavy atom. The van der Waals surface area contributed by atoms with Gasteiger partial charge in [-0.15, -0.1) is 0 Å². The zero-order valence-corrected chi connectivity index (χ0v) is 11.9. The van der Waals surface area contributed by atoms with Crippen LogP contribution in [0.2, 0.25) is 0 Å². The lowest BCUT2D eigenvalue weighted by molar-refractivity contribution is 0.0692. The molecule has 0 aromatic heterocycles. The average Bonchev–Trinajstić information content (AvgIpc) is 2.40. The van der Waals surface area contributed by atoms with Crippen LogP contribution in [0.25, 0.3) is 0 Å². The number of aromatic carboxylic acids is 1. The Balaban J connectivity index is 1.91. The van der Waals surface area contributed by atoms with Gasteiger partial charge < -0.3 is 15.3 Å². The quantitative estimate of drug-likeness (QED) is 0.887. The van der Waals surface area contributed by atoms with Gasteiger partial charge in [0.2, 0.25) is 0 Å². The lowest BCUT2D eigenvalue weighted by Crippen LogP contribution is -2.45. The van der Waals surface area contributed by atoms with Crippen molar-refractivity contribution in [3.05, 3.63) is 35.1 Å². The number of nitrogens with one attached hydrogen (secondary N) is 1. The van der Waals surface area contributed by atoms with Gasteiger partial charge in [-0.05, 0) is 51.1 Å². The Kier molecular flexibility index (Phi) is 4.73. The Morgan fingerprint density at radius 3 is 2.90 bits per heavy atom. The maximum atomic E-state index is 13.6. The van der Waals surface area contributed by atoms with Crippen molar-refractivity contribution < 1.29 is 14.3 Å². The van der Waals surface area contributed by atoms with E-state index in [1.807, 2.05) is 0 Å². The molecule has 0 radical (unpaired) electrons. The van der Waals surface area contributed by atoms with E-state index < -0.39 is 11.8 Å². The number of benzene rings is 1. The number of hydrogen-bond donors (Lipinski definition) is 2. The second-order valence-electron chi connectivity index (χ2n) is 5.55. The van der Waals surface area contributed by atoms with Crippen LogP contribution in [0.3, 0.4) is 0 Å². The molecule has 0 amide bonds. The fourth-order valence-corrected chi connectivity index (χ4v) is 2.58. The standard InChI is InChI=1S/C15H21FN2O2/c1-10-7-12(5-6-18(10)2)17-9-11-3-4-13(15(19)20)14(16)8-11/h3-4,8,10,12,17H,5-7,9H2,1-2H3,(H,19,20). The van der Waals surface area contributed by atoms with Crippen LogP contribution in [0.1, 0.15) is 35.7 Å². The average molecular weight is 280 g/mol. The highest BCUT2D eigenvalue weighted by Crippen LogP contribution is 2.16. The minimum absolute atomic E-state index is 0.276. The zero-order chi connectivity index (χ0) is 14.7. The fourth-order valence-electron chi connectivity index (χ4n) is 2.58. The summed E-state index contributed by atoms with van der Waals surface area (Å²) in [6, 6.07) is 5.27. The van der Waals surface area contributed by atoms with E-state index in [9.17, 15) is 9.18 Å². The third-order valence-corrected chi connectivity index (χ3v) is 4.07. The number of halogens is 1. The maximum Gasteiger partial charge on any atom is 0.338 e. The molecule has 110 valence electrons. The summed E-state index contributed by atoms with van der Waals surface area (Å²) in [4.78, 5) is 13.1. The van der Waals surface area contributed by atoms with Crippen molar-refractivity contribution in [2.45, 2.75) is 38.4 Å². The fraction of sp³-hybridized carbons (Fsp3) is 0.533. The Bertz CT molecular complexity index is 493. The van der Waals surface area contributed by atoms with E-state index in [0.717, 1.165) is 24.9 Å². The molecule has 0 aliphatic carbocycles. The van der Waals surface area contributed by atoms with Crippen molar-refractivity contribution in [1.82, 2.24) is 10.2 Å². The van der Waals surface area contributed by atoms with E-state index >= 15 is 0 Å². The number of carbonyl (C=O) groups is 1. The molecule has 1 fully saturated rings. The molecule has 2 N–H and O–H groups in total. The van der Waals surface area contributed by atoms with Crippen LogP contribution in [0.4, 0.5) is 4.39 Å². The van der Waals surface area contributed by atoms with E-state index in [1.165, 1.54) is 12.1 Å². The smallest absolute Gasteiger partial charge is 0.338 e. The number of likely N-dealkylation sites (tertiary alicyclic amines) is 1. The molecule has 1 aromatic rings. The van der Waals surface area contributed by atoms with Crippen molar-refractivity contribution in [3.8, 4) is 0 Å². The Hall–Kier alpha value is -1.46. The number of rotatable bonds is 4. The van der Waals surface area contributed by atoms with Crippen molar-refractivity contribution >= 4 is 5.97 Å². The first-order valence-corrected chi connectivity index (χ1v) is 6.92. The molecule has 1 heterocycles. The topological polar surface area (TPSA) is 52.6 Å². The van der Waals surface area contributed by atoms with E-state index in [1.54, 1.807) is 6.07 Å². The molecule has 0 saturated carbocycles. The van der Waals surface area contributed by atoms with Crippen LogP contribution in [0.5, 0.6) is 0 Å². The lowest BCUT2D eigenvalue weighted by Gasteiger charge is -2.35. The molecule has 20 heavy (non-hydrogen) atoms. The van der Waals surface area contributed by atoms with Crippen LogP contribution in [0.15, 0.2) is 18.2 Å². The van der Waals surface area contributed by atoms with Crippen LogP contribution in [-0.2, 0) is 6.54 Å². The van der Waals surface area contributed by atoms with E-state index in [-0.39, 0.29) is 5.56 Å². The van der Waals surface area contributed by atoms with Crippen LogP contribution in [0, 0.1) is 5.82 Å². The molecular formula is C15H21FN2O2. The van der Waals surface area contributed by atoms with Gasteiger partial charge in [-0.2, -0.15) is 0 Å². The van der Waals surface area contributed by atoms with Gasteiger partial charge in [0.05, 0.1) is 5.56 Å². The van der Waals surface area contributed by atoms with Gasteiger partial charge in [-0.1, -0.05) is 6.07 Å². The van der Waals surface area contributed by atoms with Gasteiger partial charge in [-0.3, -0.25) is 0 Å². The van der Waals surface area contributed by atoms with Gasteiger partial charge in [0, 0.05) is 18.6 Å². The molecule has 0 bridgehead atoms. The minimum atomic E-state index is -1.23. The minimum Gasteiger partial charge on any atom is -0.478 e. The number of piperidine rings is 1. The monoisotopic (exact) mass is 280 g/mol. The maximum absolute atomic E-state index is 13.6. The van der Waals surface area contributed by atoms with Crippen molar-refractivity contribution in [2.75, 3.05) is 13.6 Å². The largest absolute Gasteiger partial charge is 0.478 e. The molecule has 1 saturated heterocycles. The van der Waals surface area contributed by atoms with Gasteiger partial charge in [0.15, 0.2) is 0 Å². The summed E-state index contributed by atoms with van der Waals surface area (Å²) in [6.07, 6.45) is 2.16. The SMILES string of the molecule is CC1CC(NCc2ccc(C(=O)O)c(F)c2)CCN1C. The normalized spacial score (nSPS) is 23.8. The molecule has 1 aliphatic heterocycles. The Morgan fingerprint density at radius 1 is 1.55 bits per heavy atom. The van der Waals surface area contributed by atoms with E-state index in [0.29, 0.717) is 18.6 Å². The van der Waals surface area contributed by atoms with E-state index in [4.69, 9.17) is 5.11 Å². The Labute approximate surface area is 118 Å². The summed E-state index contributed by atoms with van der Waals surface area (Å²) in [5, 5.41) is 12.2. The first-order valence-electron chi connectivity index (χ1n) is 6.92. The second kappa shape index (κ2) is 6.33. The number of hydrogen-bond acceptors (Lipinski definition) is 3. The summed E-state index contributed by atoms with van der Waals surface area (Å²) in [6.45, 7) is 3.83. The number of nitrogens with zero attached hydrogens (tertiary/aromatic N) is 1. The first-order chi connectivity index (χ1) is 9.47. The van der Waals surface area contributed by atoms with Crippen LogP contribution >= 0.6 is 0 Å². The molecule has 5 heteroatoms. The van der Waals surface area contributed by atoms with Gasteiger partial charge >= 0.3 is 5.97 Å². The summed E-state index contributed by atoms with van der Waals surface area (Å²) in [5.41, 5.74) is 0.501. The number of carboxylic acids is 1. The molecule has 2 rings (SSSR count). The highest BCUT2D eigenvalue weighted by molar-refractivity contribution is 5.87. The third-order valence-electron chi connectivity index (χ3n) is 4.07. The summed E-state index contributed by atoms with van der Waals surface area (Å²) < 4.78 is 13.6. The lowest BCUT2D eigenvalue weighted by atomic mass is 9.98. The predicted octanol–water partition coefficient (Wildman–Crippen LogP) is 2.10. The molecule has 2 atom stereocenters. The third kappa shape index (κ3) is 3.55. The van der Waals surface area contributed by atoms with Gasteiger partial charge in [0.1, 0.15) is 5.82 Å². The van der Waals surface area contributed by atoms with Crippen LogP contribution in [-0.4, -0.2) is 41.7 Å². The molecule has 2 unspecified atom stereocenters. The summed E-state index contributed by atoms with van der Waals surface area (Å²) in [7, 11) is 2.13. The van der Waals surface area contributed by atoms with Crippen LogP contribution < -0.4 is 5.32 Å².